The smallest absolute Gasteiger partial charge is 0.279 e. The van der Waals surface area contributed by atoms with E-state index in [2.05, 4.69) is 10.9 Å². The molecule has 2 N–H and O–H groups in total. The molecular formula is C19H20N2O4. The predicted octanol–water partition coefficient (Wildman–Crippen LogP) is 2.05. The highest BCUT2D eigenvalue weighted by molar-refractivity contribution is 5.94. The van der Waals surface area contributed by atoms with Gasteiger partial charge in [0.2, 0.25) is 5.91 Å². The van der Waals surface area contributed by atoms with Gasteiger partial charge >= 0.3 is 0 Å². The highest BCUT2D eigenvalue weighted by Crippen LogP contribution is 2.14. The van der Waals surface area contributed by atoms with Crippen molar-refractivity contribution in [1.82, 2.24) is 10.9 Å². The van der Waals surface area contributed by atoms with E-state index >= 15 is 0 Å². The van der Waals surface area contributed by atoms with Gasteiger partial charge in [-0.1, -0.05) is 30.3 Å². The van der Waals surface area contributed by atoms with Crippen molar-refractivity contribution in [1.29, 1.82) is 0 Å². The van der Waals surface area contributed by atoms with Crippen LogP contribution in [-0.2, 0) is 16.0 Å². The van der Waals surface area contributed by atoms with Gasteiger partial charge in [0.1, 0.15) is 5.75 Å². The molecule has 1 unspecified atom stereocenters. The maximum atomic E-state index is 12.0. The van der Waals surface area contributed by atoms with Crippen LogP contribution < -0.4 is 15.6 Å². The summed E-state index contributed by atoms with van der Waals surface area (Å²) in [5, 5.41) is 0. The molecule has 2 aromatic carbocycles. The minimum Gasteiger partial charge on any atom is -0.481 e. The first-order valence-corrected chi connectivity index (χ1v) is 7.86. The molecule has 2 amide bonds. The van der Waals surface area contributed by atoms with Crippen LogP contribution in [0.2, 0.25) is 0 Å². The van der Waals surface area contributed by atoms with Crippen molar-refractivity contribution in [3.05, 3.63) is 65.7 Å². The molecule has 1 atom stereocenters. The first kappa shape index (κ1) is 18.2. The predicted molar refractivity (Wildman–Crippen MR) is 93.0 cm³/mol. The number of hydrogen-bond acceptors (Lipinski definition) is 4. The van der Waals surface area contributed by atoms with Crippen molar-refractivity contribution >= 4 is 17.6 Å². The van der Waals surface area contributed by atoms with Gasteiger partial charge in [-0.3, -0.25) is 25.2 Å². The molecule has 0 fully saturated rings. The Morgan fingerprint density at radius 3 is 2.20 bits per heavy atom. The highest BCUT2D eigenvalue weighted by Gasteiger charge is 2.15. The summed E-state index contributed by atoms with van der Waals surface area (Å²) in [6.45, 7) is 3.04. The third-order valence-corrected chi connectivity index (χ3v) is 3.48. The molecule has 0 bridgehead atoms. The summed E-state index contributed by atoms with van der Waals surface area (Å²) in [4.78, 5) is 35.0. The van der Waals surface area contributed by atoms with E-state index in [1.54, 1.807) is 31.2 Å². The molecule has 6 nitrogen and oxygen atoms in total. The maximum absolute atomic E-state index is 12.0. The fourth-order valence-corrected chi connectivity index (χ4v) is 2.08. The SMILES string of the molecule is CC(=O)c1ccc(OC(C)C(=O)NNC(=O)Cc2ccccc2)cc1. The zero-order valence-corrected chi connectivity index (χ0v) is 14.1. The van der Waals surface area contributed by atoms with Gasteiger partial charge in [0.15, 0.2) is 11.9 Å². The summed E-state index contributed by atoms with van der Waals surface area (Å²) in [6.07, 6.45) is -0.636. The Morgan fingerprint density at radius 2 is 1.60 bits per heavy atom. The second-order valence-corrected chi connectivity index (χ2v) is 5.54. The van der Waals surface area contributed by atoms with Crippen molar-refractivity contribution < 1.29 is 19.1 Å². The van der Waals surface area contributed by atoms with Crippen LogP contribution in [0.15, 0.2) is 54.6 Å². The lowest BCUT2D eigenvalue weighted by Crippen LogP contribution is -2.47. The lowest BCUT2D eigenvalue weighted by molar-refractivity contribution is -0.132. The van der Waals surface area contributed by atoms with Crippen molar-refractivity contribution in [2.24, 2.45) is 0 Å². The van der Waals surface area contributed by atoms with Gasteiger partial charge in [-0.25, -0.2) is 0 Å². The minimum atomic E-state index is -0.805. The average molecular weight is 340 g/mol. The number of Topliss-reactive ketones (excluding diaryl/α,β-unsaturated/α-hetero) is 1. The fourth-order valence-electron chi connectivity index (χ4n) is 2.08. The van der Waals surface area contributed by atoms with Crippen LogP contribution in [0.1, 0.15) is 29.8 Å². The van der Waals surface area contributed by atoms with Gasteiger partial charge in [-0.15, -0.1) is 0 Å². The van der Waals surface area contributed by atoms with E-state index in [9.17, 15) is 14.4 Å². The molecule has 0 aromatic heterocycles. The molecule has 0 radical (unpaired) electrons. The summed E-state index contributed by atoms with van der Waals surface area (Å²) in [6, 6.07) is 15.7. The zero-order valence-electron chi connectivity index (χ0n) is 14.1. The maximum Gasteiger partial charge on any atom is 0.279 e. The van der Waals surface area contributed by atoms with Gasteiger partial charge in [-0.05, 0) is 43.7 Å². The van der Waals surface area contributed by atoms with Crippen LogP contribution in [0.25, 0.3) is 0 Å². The summed E-state index contributed by atoms with van der Waals surface area (Å²) in [5.41, 5.74) is 6.11. The molecule has 0 aliphatic heterocycles. The number of amides is 2. The van der Waals surface area contributed by atoms with Crippen LogP contribution in [0, 0.1) is 0 Å². The Labute approximate surface area is 146 Å². The summed E-state index contributed by atoms with van der Waals surface area (Å²) < 4.78 is 5.49. The quantitative estimate of drug-likeness (QED) is 0.623. The van der Waals surface area contributed by atoms with E-state index in [4.69, 9.17) is 4.74 Å². The molecule has 0 heterocycles. The van der Waals surface area contributed by atoms with E-state index in [1.807, 2.05) is 30.3 Å². The Bertz CT molecular complexity index is 742. The number of carbonyl (C=O) groups excluding carboxylic acids is 3. The second kappa shape index (κ2) is 8.63. The Hall–Kier alpha value is -3.15. The summed E-state index contributed by atoms with van der Waals surface area (Å²) >= 11 is 0. The number of carbonyl (C=O) groups is 3. The molecule has 2 aromatic rings. The van der Waals surface area contributed by atoms with E-state index in [0.29, 0.717) is 11.3 Å². The first-order valence-electron chi connectivity index (χ1n) is 7.86. The molecule has 0 spiro atoms. The van der Waals surface area contributed by atoms with Gasteiger partial charge in [0.25, 0.3) is 5.91 Å². The van der Waals surface area contributed by atoms with Gasteiger partial charge in [0, 0.05) is 5.56 Å². The minimum absolute atomic E-state index is 0.0431. The Kier molecular flexibility index (Phi) is 6.28. The largest absolute Gasteiger partial charge is 0.481 e. The van der Waals surface area contributed by atoms with Crippen molar-refractivity contribution in [3.8, 4) is 5.75 Å². The van der Waals surface area contributed by atoms with Crippen molar-refractivity contribution in [3.63, 3.8) is 0 Å². The van der Waals surface area contributed by atoms with E-state index in [0.717, 1.165) is 5.56 Å². The number of benzene rings is 2. The van der Waals surface area contributed by atoms with E-state index in [-0.39, 0.29) is 18.1 Å². The normalized spacial score (nSPS) is 11.3. The van der Waals surface area contributed by atoms with E-state index in [1.165, 1.54) is 6.92 Å². The molecule has 0 aliphatic rings. The van der Waals surface area contributed by atoms with E-state index < -0.39 is 12.0 Å². The molecule has 0 saturated heterocycles. The molecule has 2 rings (SSSR count). The second-order valence-electron chi connectivity index (χ2n) is 5.54. The fraction of sp³-hybridized carbons (Fsp3) is 0.211. The first-order chi connectivity index (χ1) is 12.0. The number of rotatable bonds is 6. The average Bonchev–Trinajstić information content (AvgIpc) is 2.61. The van der Waals surface area contributed by atoms with Gasteiger partial charge < -0.3 is 4.74 Å². The van der Waals surface area contributed by atoms with Crippen LogP contribution in [0.4, 0.5) is 0 Å². The Balaban J connectivity index is 1.79. The van der Waals surface area contributed by atoms with Crippen LogP contribution in [0.3, 0.4) is 0 Å². The van der Waals surface area contributed by atoms with Crippen molar-refractivity contribution in [2.45, 2.75) is 26.4 Å². The van der Waals surface area contributed by atoms with Crippen LogP contribution in [-0.4, -0.2) is 23.7 Å². The molecular weight excluding hydrogens is 320 g/mol. The number of hydrazine groups is 1. The van der Waals surface area contributed by atoms with Crippen molar-refractivity contribution in [2.75, 3.05) is 0 Å². The lowest BCUT2D eigenvalue weighted by Gasteiger charge is -2.15. The zero-order chi connectivity index (χ0) is 18.2. The van der Waals surface area contributed by atoms with Crippen LogP contribution >= 0.6 is 0 Å². The number of ether oxygens (including phenoxy) is 1. The van der Waals surface area contributed by atoms with Crippen LogP contribution in [0.5, 0.6) is 5.75 Å². The number of hydrogen-bond donors (Lipinski definition) is 2. The summed E-state index contributed by atoms with van der Waals surface area (Å²) in [7, 11) is 0. The third kappa shape index (κ3) is 5.76. The monoisotopic (exact) mass is 340 g/mol. The van der Waals surface area contributed by atoms with Gasteiger partial charge in [-0.2, -0.15) is 0 Å². The lowest BCUT2D eigenvalue weighted by atomic mass is 10.1. The molecule has 25 heavy (non-hydrogen) atoms. The molecule has 6 heteroatoms. The summed E-state index contributed by atoms with van der Waals surface area (Å²) in [5.74, 6) is -0.378. The molecule has 130 valence electrons. The van der Waals surface area contributed by atoms with Gasteiger partial charge in [0.05, 0.1) is 6.42 Å². The number of ketones is 1. The topological polar surface area (TPSA) is 84.5 Å². The molecule has 0 aliphatic carbocycles. The number of nitrogens with one attached hydrogen (secondary N) is 2. The Morgan fingerprint density at radius 1 is 0.960 bits per heavy atom. The third-order valence-electron chi connectivity index (χ3n) is 3.48. The highest BCUT2D eigenvalue weighted by atomic mass is 16.5. The standard InChI is InChI=1S/C19H20N2O4/c1-13(22)16-8-10-17(11-9-16)25-14(2)19(24)21-20-18(23)12-15-6-4-3-5-7-15/h3-11,14H,12H2,1-2H3,(H,20,23)(H,21,24). The molecule has 0 saturated carbocycles.